The van der Waals surface area contributed by atoms with E-state index in [1.165, 1.54) is 24.4 Å². The number of halogens is 1. The van der Waals surface area contributed by atoms with Gasteiger partial charge in [0.25, 0.3) is 0 Å². The predicted molar refractivity (Wildman–Crippen MR) is 85.7 cm³/mol. The first-order chi connectivity index (χ1) is 11.0. The highest BCUT2D eigenvalue weighted by atomic mass is 19.1. The van der Waals surface area contributed by atoms with Crippen molar-refractivity contribution in [3.05, 3.63) is 52.6 Å². The van der Waals surface area contributed by atoms with Crippen molar-refractivity contribution in [1.29, 1.82) is 0 Å². The average Bonchev–Trinajstić information content (AvgIpc) is 3.27. The Morgan fingerprint density at radius 2 is 2.09 bits per heavy atom. The third-order valence-electron chi connectivity index (χ3n) is 4.20. The molecule has 1 saturated carbocycles. The van der Waals surface area contributed by atoms with Crippen LogP contribution < -0.4 is 5.43 Å². The van der Waals surface area contributed by atoms with Gasteiger partial charge >= 0.3 is 0 Å². The number of carbonyl (C=O) groups excluding carboxylic acids is 1. The summed E-state index contributed by atoms with van der Waals surface area (Å²) < 4.78 is 14.9. The van der Waals surface area contributed by atoms with Crippen molar-refractivity contribution < 1.29 is 9.18 Å². The Balaban J connectivity index is 1.58. The maximum atomic E-state index is 13.7. The summed E-state index contributed by atoms with van der Waals surface area (Å²) in [6.07, 6.45) is 2.13. The molecule has 1 aliphatic rings. The second kappa shape index (κ2) is 5.95. The van der Waals surface area contributed by atoms with Gasteiger partial charge in [-0.15, -0.1) is 0 Å². The molecule has 0 radical (unpaired) electrons. The monoisotopic (exact) mass is 314 g/mol. The molecule has 120 valence electrons. The smallest absolute Gasteiger partial charge is 0.243 e. The molecule has 23 heavy (non-hydrogen) atoms. The molecule has 5 nitrogen and oxygen atoms in total. The molecule has 6 heteroatoms. The number of nitrogens with one attached hydrogen (secondary N) is 1. The van der Waals surface area contributed by atoms with Crippen LogP contribution in [-0.2, 0) is 11.8 Å². The lowest BCUT2D eigenvalue weighted by Gasteiger charge is -2.01. The lowest BCUT2D eigenvalue weighted by molar-refractivity contribution is -0.122. The van der Waals surface area contributed by atoms with Gasteiger partial charge in [0.05, 0.1) is 17.5 Å². The van der Waals surface area contributed by atoms with E-state index in [9.17, 15) is 9.18 Å². The summed E-state index contributed by atoms with van der Waals surface area (Å²) in [5.74, 6) is -0.407. The number of hydrazone groups is 1. The highest BCUT2D eigenvalue weighted by Gasteiger charge is 2.43. The first-order valence-corrected chi connectivity index (χ1v) is 7.56. The Bertz CT molecular complexity index is 764. The van der Waals surface area contributed by atoms with E-state index in [0.717, 1.165) is 11.1 Å². The van der Waals surface area contributed by atoms with Gasteiger partial charge in [0.15, 0.2) is 0 Å². The molecule has 0 bridgehead atoms. The zero-order chi connectivity index (χ0) is 16.6. The average molecular weight is 314 g/mol. The molecule has 1 aromatic carbocycles. The summed E-state index contributed by atoms with van der Waals surface area (Å²) in [6.45, 7) is 3.73. The molecule has 1 heterocycles. The second-order valence-electron chi connectivity index (χ2n) is 6.01. The van der Waals surface area contributed by atoms with Crippen molar-refractivity contribution in [3.8, 4) is 0 Å². The number of nitrogens with zero attached hydrogens (tertiary/aromatic N) is 3. The summed E-state index contributed by atoms with van der Waals surface area (Å²) in [4.78, 5) is 12.1. The lowest BCUT2D eigenvalue weighted by Crippen LogP contribution is -2.20. The molecule has 0 aliphatic heterocycles. The molecule has 1 aromatic heterocycles. The number of benzene rings is 1. The van der Waals surface area contributed by atoms with E-state index in [2.05, 4.69) is 39.9 Å². The number of rotatable bonds is 4. The van der Waals surface area contributed by atoms with E-state index < -0.39 is 5.95 Å². The molecule has 2 atom stereocenters. The molecular formula is C17H19FN4O. The Kier molecular flexibility index (Phi) is 3.98. The first kappa shape index (κ1) is 15.4. The van der Waals surface area contributed by atoms with Gasteiger partial charge in [0, 0.05) is 13.0 Å². The van der Waals surface area contributed by atoms with Gasteiger partial charge in [-0.05, 0) is 31.7 Å². The molecule has 1 amide bonds. The third-order valence-corrected chi connectivity index (χ3v) is 4.20. The summed E-state index contributed by atoms with van der Waals surface area (Å²) >= 11 is 0. The molecule has 1 N–H and O–H groups in total. The predicted octanol–water partition coefficient (Wildman–Crippen LogP) is 2.43. The number of amides is 1. The quantitative estimate of drug-likeness (QED) is 0.696. The first-order valence-electron chi connectivity index (χ1n) is 7.56. The van der Waals surface area contributed by atoms with E-state index in [-0.39, 0.29) is 17.7 Å². The summed E-state index contributed by atoms with van der Waals surface area (Å²) in [5, 5.41) is 7.81. The Morgan fingerprint density at radius 3 is 2.70 bits per heavy atom. The Labute approximate surface area is 134 Å². The van der Waals surface area contributed by atoms with Crippen molar-refractivity contribution in [1.82, 2.24) is 15.2 Å². The Morgan fingerprint density at radius 1 is 1.39 bits per heavy atom. The molecule has 2 aromatic rings. The van der Waals surface area contributed by atoms with Crippen LogP contribution in [0.4, 0.5) is 4.39 Å². The SMILES string of the molecule is Cc1ccc([C@H]2C[C@H]2C(=O)N/N=C\c2c(C)nn(C)c2F)cc1. The van der Waals surface area contributed by atoms with Crippen LogP contribution in [0.5, 0.6) is 0 Å². The second-order valence-corrected chi connectivity index (χ2v) is 6.01. The van der Waals surface area contributed by atoms with Crippen LogP contribution >= 0.6 is 0 Å². The zero-order valence-corrected chi connectivity index (χ0v) is 13.4. The fraction of sp³-hybridized carbons (Fsp3) is 0.353. The van der Waals surface area contributed by atoms with Crippen molar-refractivity contribution in [3.63, 3.8) is 0 Å². The van der Waals surface area contributed by atoms with E-state index in [4.69, 9.17) is 0 Å². The van der Waals surface area contributed by atoms with E-state index in [1.807, 2.05) is 6.92 Å². The molecule has 0 unspecified atom stereocenters. The number of aryl methyl sites for hydroxylation is 3. The van der Waals surface area contributed by atoms with Crippen LogP contribution in [0.1, 0.15) is 34.7 Å². The fourth-order valence-electron chi connectivity index (χ4n) is 2.70. The normalized spacial score (nSPS) is 20.0. The van der Waals surface area contributed by atoms with Crippen LogP contribution in [0.15, 0.2) is 29.4 Å². The highest BCUT2D eigenvalue weighted by Crippen LogP contribution is 2.47. The molecule has 1 aliphatic carbocycles. The summed E-state index contributed by atoms with van der Waals surface area (Å²) in [5.41, 5.74) is 5.70. The van der Waals surface area contributed by atoms with Crippen molar-refractivity contribution >= 4 is 12.1 Å². The van der Waals surface area contributed by atoms with Crippen LogP contribution in [0.3, 0.4) is 0 Å². The number of carbonyl (C=O) groups is 1. The Hall–Kier alpha value is -2.50. The molecular weight excluding hydrogens is 295 g/mol. The maximum Gasteiger partial charge on any atom is 0.243 e. The number of hydrogen-bond acceptors (Lipinski definition) is 3. The highest BCUT2D eigenvalue weighted by molar-refractivity contribution is 5.86. The third kappa shape index (κ3) is 3.16. The van der Waals surface area contributed by atoms with E-state index in [1.54, 1.807) is 6.92 Å². The van der Waals surface area contributed by atoms with Gasteiger partial charge < -0.3 is 0 Å². The molecule has 0 spiro atoms. The molecule has 3 rings (SSSR count). The zero-order valence-electron chi connectivity index (χ0n) is 13.4. The lowest BCUT2D eigenvalue weighted by atomic mass is 10.1. The van der Waals surface area contributed by atoms with Crippen molar-refractivity contribution in [2.75, 3.05) is 0 Å². The fourth-order valence-corrected chi connectivity index (χ4v) is 2.70. The summed E-state index contributed by atoms with van der Waals surface area (Å²) in [7, 11) is 1.52. The molecule has 0 saturated heterocycles. The van der Waals surface area contributed by atoms with Crippen LogP contribution in [-0.4, -0.2) is 21.9 Å². The van der Waals surface area contributed by atoms with Crippen LogP contribution in [0, 0.1) is 25.7 Å². The van der Waals surface area contributed by atoms with Gasteiger partial charge in [0.2, 0.25) is 11.9 Å². The maximum absolute atomic E-state index is 13.7. The van der Waals surface area contributed by atoms with Crippen molar-refractivity contribution in [2.45, 2.75) is 26.2 Å². The van der Waals surface area contributed by atoms with Gasteiger partial charge in [-0.2, -0.15) is 14.6 Å². The van der Waals surface area contributed by atoms with E-state index >= 15 is 0 Å². The number of hydrogen-bond donors (Lipinski definition) is 1. The van der Waals surface area contributed by atoms with Crippen molar-refractivity contribution in [2.24, 2.45) is 18.1 Å². The van der Waals surface area contributed by atoms with Gasteiger partial charge in [-0.3, -0.25) is 4.79 Å². The van der Waals surface area contributed by atoms with Gasteiger partial charge in [-0.25, -0.2) is 10.1 Å². The largest absolute Gasteiger partial charge is 0.273 e. The van der Waals surface area contributed by atoms with Crippen LogP contribution in [0.2, 0.25) is 0 Å². The minimum absolute atomic E-state index is 0.0605. The van der Waals surface area contributed by atoms with Gasteiger partial charge in [0.1, 0.15) is 0 Å². The number of aromatic nitrogens is 2. The minimum Gasteiger partial charge on any atom is -0.273 e. The standard InChI is InChI=1S/C17H19FN4O/c1-10-4-6-12(7-5-10)13-8-14(13)17(23)20-19-9-15-11(2)21-22(3)16(15)18/h4-7,9,13-14H,8H2,1-3H3,(H,20,23)/b19-9-/t13-,14-/m1/s1. The van der Waals surface area contributed by atoms with Gasteiger partial charge in [-0.1, -0.05) is 29.8 Å². The summed E-state index contributed by atoms with van der Waals surface area (Å²) in [6, 6.07) is 8.22. The van der Waals surface area contributed by atoms with Crippen LogP contribution in [0.25, 0.3) is 0 Å². The molecule has 1 fully saturated rings. The minimum atomic E-state index is -0.468. The topological polar surface area (TPSA) is 59.3 Å². The van der Waals surface area contributed by atoms with E-state index in [0.29, 0.717) is 11.3 Å².